The van der Waals surface area contributed by atoms with Crippen LogP contribution in [-0.4, -0.2) is 4.98 Å². The Labute approximate surface area is 312 Å². The molecule has 0 N–H and O–H groups in total. The van der Waals surface area contributed by atoms with E-state index < -0.39 is 10.8 Å². The van der Waals surface area contributed by atoms with E-state index in [1.807, 2.05) is 0 Å². The summed E-state index contributed by atoms with van der Waals surface area (Å²) < 4.78 is 1.21. The third-order valence-electron chi connectivity index (χ3n) is 12.2. The molecule has 12 rings (SSSR count). The summed E-state index contributed by atoms with van der Waals surface area (Å²) in [6.07, 6.45) is 0. The topological polar surface area (TPSA) is 12.9 Å². The summed E-state index contributed by atoms with van der Waals surface area (Å²) in [5.74, 6) is 0. The van der Waals surface area contributed by atoms with E-state index in [2.05, 4.69) is 188 Å². The molecule has 0 radical (unpaired) electrons. The van der Waals surface area contributed by atoms with Gasteiger partial charge in [-0.05, 0) is 90.0 Å². The van der Waals surface area contributed by atoms with Crippen LogP contribution in [0, 0.1) is 0 Å². The maximum absolute atomic E-state index is 5.00. The molecule has 53 heavy (non-hydrogen) atoms. The van der Waals surface area contributed by atoms with Gasteiger partial charge in [0.15, 0.2) is 0 Å². The second-order valence-corrected chi connectivity index (χ2v) is 15.6. The molecule has 8 aromatic carbocycles. The molecule has 0 fully saturated rings. The number of para-hydroxylation sites is 1. The average molecular weight is 690 g/mol. The third kappa shape index (κ3) is 3.59. The Kier molecular flexibility index (Phi) is 5.85. The van der Waals surface area contributed by atoms with Crippen LogP contribution in [0.3, 0.4) is 0 Å². The minimum Gasteiger partial charge on any atom is -0.236 e. The normalized spacial score (nSPS) is 14.7. The Morgan fingerprint density at radius 3 is 1.30 bits per heavy atom. The molecule has 9 aromatic rings. The highest BCUT2D eigenvalue weighted by Crippen LogP contribution is 2.68. The van der Waals surface area contributed by atoms with Crippen LogP contribution in [-0.2, 0) is 10.8 Å². The van der Waals surface area contributed by atoms with Crippen molar-refractivity contribution in [1.82, 2.24) is 4.98 Å². The molecule has 1 nitrogen and oxygen atoms in total. The van der Waals surface area contributed by atoms with Gasteiger partial charge in [-0.2, -0.15) is 0 Å². The van der Waals surface area contributed by atoms with E-state index in [1.165, 1.54) is 82.6 Å². The minimum atomic E-state index is -0.529. The van der Waals surface area contributed by atoms with Crippen molar-refractivity contribution >= 4 is 21.6 Å². The first-order valence-electron chi connectivity index (χ1n) is 18.4. The first-order valence-corrected chi connectivity index (χ1v) is 19.2. The van der Waals surface area contributed by atoms with Gasteiger partial charge in [0.2, 0.25) is 0 Å². The van der Waals surface area contributed by atoms with Crippen LogP contribution in [0.15, 0.2) is 188 Å². The molecule has 0 aliphatic heterocycles. The lowest BCUT2D eigenvalue weighted by Gasteiger charge is -2.49. The Morgan fingerprint density at radius 1 is 0.321 bits per heavy atom. The number of thiazole rings is 1. The number of hydrogen-bond acceptors (Lipinski definition) is 2. The highest BCUT2D eigenvalue weighted by atomic mass is 32.1. The van der Waals surface area contributed by atoms with Crippen LogP contribution >= 0.6 is 11.3 Å². The second-order valence-electron chi connectivity index (χ2n) is 14.5. The molecule has 1 heterocycles. The molecular weight excluding hydrogens is 659 g/mol. The molecule has 0 saturated heterocycles. The Balaban J connectivity index is 1.22. The molecule has 1 aromatic heterocycles. The molecule has 3 aliphatic carbocycles. The van der Waals surface area contributed by atoms with Crippen LogP contribution in [0.25, 0.3) is 54.2 Å². The monoisotopic (exact) mass is 689 g/mol. The van der Waals surface area contributed by atoms with Crippen molar-refractivity contribution < 1.29 is 0 Å². The fraction of sp³-hybridized carbons (Fsp3) is 0.0392. The Morgan fingerprint density at radius 2 is 0.736 bits per heavy atom. The van der Waals surface area contributed by atoms with E-state index in [-0.39, 0.29) is 0 Å². The van der Waals surface area contributed by atoms with Crippen molar-refractivity contribution in [2.75, 3.05) is 0 Å². The number of benzene rings is 8. The van der Waals surface area contributed by atoms with Crippen molar-refractivity contribution in [3.63, 3.8) is 0 Å². The van der Waals surface area contributed by atoms with Crippen molar-refractivity contribution in [1.29, 1.82) is 0 Å². The molecule has 246 valence electrons. The molecule has 0 bridgehead atoms. The van der Waals surface area contributed by atoms with Gasteiger partial charge in [0, 0.05) is 5.56 Å². The summed E-state index contributed by atoms with van der Waals surface area (Å²) in [4.78, 5) is 5.00. The van der Waals surface area contributed by atoms with Gasteiger partial charge in [0.05, 0.1) is 21.0 Å². The maximum Gasteiger partial charge on any atom is 0.124 e. The summed E-state index contributed by atoms with van der Waals surface area (Å²) in [7, 11) is 0. The summed E-state index contributed by atoms with van der Waals surface area (Å²) in [6.45, 7) is 0. The van der Waals surface area contributed by atoms with Gasteiger partial charge in [-0.15, -0.1) is 11.3 Å². The number of nitrogens with zero attached hydrogens (tertiary/aromatic N) is 1. The van der Waals surface area contributed by atoms with Gasteiger partial charge in [0.25, 0.3) is 0 Å². The quantitative estimate of drug-likeness (QED) is 0.176. The van der Waals surface area contributed by atoms with Gasteiger partial charge >= 0.3 is 0 Å². The zero-order valence-corrected chi connectivity index (χ0v) is 29.6. The highest BCUT2D eigenvalue weighted by molar-refractivity contribution is 7.21. The summed E-state index contributed by atoms with van der Waals surface area (Å²) >= 11 is 1.76. The van der Waals surface area contributed by atoms with Crippen LogP contribution in [0.2, 0.25) is 0 Å². The van der Waals surface area contributed by atoms with Crippen LogP contribution < -0.4 is 0 Å². The molecule has 2 heteroatoms. The fourth-order valence-corrected chi connectivity index (χ4v) is 11.3. The van der Waals surface area contributed by atoms with Gasteiger partial charge in [-0.25, -0.2) is 4.98 Å². The summed E-state index contributed by atoms with van der Waals surface area (Å²) in [5, 5.41) is 1.05. The summed E-state index contributed by atoms with van der Waals surface area (Å²) in [5.41, 5.74) is 19.8. The standard InChI is InChI=1S/C51H31NS/c1-5-19-39-35(14-1)36-15-2-6-20-40(36)50(39)43-23-9-10-24-44(43)51(41-21-7-3-16-37(41)38-17-4-8-22-42(38)51)48-34(18-13-25-45(48)50)32-28-30-33(31-29-32)49-52-46-26-11-12-27-47(46)53-49/h1-31H. The van der Waals surface area contributed by atoms with Crippen LogP contribution in [0.1, 0.15) is 44.5 Å². The van der Waals surface area contributed by atoms with Crippen molar-refractivity contribution in [2.45, 2.75) is 10.8 Å². The van der Waals surface area contributed by atoms with Gasteiger partial charge < -0.3 is 0 Å². The predicted molar refractivity (Wildman–Crippen MR) is 219 cm³/mol. The van der Waals surface area contributed by atoms with Crippen LogP contribution in [0.4, 0.5) is 0 Å². The van der Waals surface area contributed by atoms with E-state index in [0.29, 0.717) is 0 Å². The maximum atomic E-state index is 5.00. The first kappa shape index (κ1) is 29.3. The van der Waals surface area contributed by atoms with E-state index >= 15 is 0 Å². The Bertz CT molecular complexity index is 2840. The van der Waals surface area contributed by atoms with Gasteiger partial charge in [0.1, 0.15) is 5.01 Å². The van der Waals surface area contributed by atoms with Gasteiger partial charge in [-0.1, -0.05) is 176 Å². The molecule has 2 spiro atoms. The first-order chi connectivity index (χ1) is 26.3. The van der Waals surface area contributed by atoms with Crippen molar-refractivity contribution in [3.8, 4) is 44.0 Å². The zero-order chi connectivity index (χ0) is 34.7. The smallest absolute Gasteiger partial charge is 0.124 e. The number of fused-ring (bicyclic) bond motifs is 17. The lowest BCUT2D eigenvalue weighted by Crippen LogP contribution is -2.44. The molecule has 0 unspecified atom stereocenters. The van der Waals surface area contributed by atoms with E-state index in [0.717, 1.165) is 16.1 Å². The average Bonchev–Trinajstić information content (AvgIpc) is 3.89. The highest BCUT2D eigenvalue weighted by Gasteiger charge is 2.59. The molecule has 3 aliphatic rings. The lowest BCUT2D eigenvalue weighted by molar-refractivity contribution is 0.634. The molecule has 0 atom stereocenters. The van der Waals surface area contributed by atoms with Crippen molar-refractivity contribution in [3.05, 3.63) is 233 Å². The Hall–Kier alpha value is -6.35. The largest absolute Gasteiger partial charge is 0.236 e. The number of hydrogen-bond donors (Lipinski definition) is 0. The second kappa shape index (κ2) is 10.6. The third-order valence-corrected chi connectivity index (χ3v) is 13.3. The molecular formula is C51H31NS. The molecule has 0 saturated carbocycles. The summed E-state index contributed by atoms with van der Waals surface area (Å²) in [6, 6.07) is 70.6. The lowest BCUT2D eigenvalue weighted by atomic mass is 9.51. The van der Waals surface area contributed by atoms with E-state index in [9.17, 15) is 0 Å². The predicted octanol–water partition coefficient (Wildman–Crippen LogP) is 12.7. The fourth-order valence-electron chi connectivity index (χ4n) is 10.3. The SMILES string of the molecule is c1ccc2c(c1)-c1ccccc1C21c2ccccc2C2(c3ccccc3-c3ccccc32)c2c(-c3ccc(-c4nc5ccccc5s4)cc3)cccc21. The molecule has 0 amide bonds. The van der Waals surface area contributed by atoms with E-state index in [1.54, 1.807) is 11.3 Å². The van der Waals surface area contributed by atoms with Gasteiger partial charge in [-0.3, -0.25) is 0 Å². The minimum absolute atomic E-state index is 0.492. The number of aromatic nitrogens is 1. The zero-order valence-electron chi connectivity index (χ0n) is 28.8. The number of rotatable bonds is 2. The van der Waals surface area contributed by atoms with Crippen LogP contribution in [0.5, 0.6) is 0 Å². The van der Waals surface area contributed by atoms with Crippen molar-refractivity contribution in [2.24, 2.45) is 0 Å². The van der Waals surface area contributed by atoms with E-state index in [4.69, 9.17) is 4.98 Å².